The molecule has 0 unspecified atom stereocenters. The van der Waals surface area contributed by atoms with E-state index in [2.05, 4.69) is 27.7 Å². The molecule has 200 valence electrons. The fraction of sp³-hybridized carbons (Fsp3) is 0.294. The van der Waals surface area contributed by atoms with Crippen LogP contribution in [0.2, 0.25) is 0 Å². The summed E-state index contributed by atoms with van der Waals surface area (Å²) in [6, 6.07) is 15.1. The van der Waals surface area contributed by atoms with Gasteiger partial charge in [-0.25, -0.2) is 0 Å². The number of rotatable bonds is 6. The number of amides is 4. The van der Waals surface area contributed by atoms with Gasteiger partial charge in [0.1, 0.15) is 0 Å². The van der Waals surface area contributed by atoms with E-state index >= 15 is 0 Å². The average molecular weight is 531 g/mol. The number of benzene rings is 5. The second-order valence-corrected chi connectivity index (χ2v) is 12.0. The third-order valence-corrected chi connectivity index (χ3v) is 8.66. The molecule has 5 aromatic carbocycles. The monoisotopic (exact) mass is 530 g/mol. The van der Waals surface area contributed by atoms with Gasteiger partial charge in [-0.2, -0.15) is 0 Å². The highest BCUT2D eigenvalue weighted by Gasteiger charge is 2.36. The first-order valence-electron chi connectivity index (χ1n) is 14.1. The Morgan fingerprint density at radius 3 is 0.975 bits per heavy atom. The molecule has 0 radical (unpaired) electrons. The molecule has 6 heteroatoms. The Labute approximate surface area is 231 Å². The van der Waals surface area contributed by atoms with Crippen molar-refractivity contribution < 1.29 is 19.2 Å². The zero-order valence-corrected chi connectivity index (χ0v) is 23.1. The summed E-state index contributed by atoms with van der Waals surface area (Å²) in [5.74, 6) is -0.272. The van der Waals surface area contributed by atoms with E-state index < -0.39 is 0 Å². The molecule has 0 spiro atoms. The summed E-state index contributed by atoms with van der Waals surface area (Å²) >= 11 is 0. The molecule has 2 aliphatic heterocycles. The van der Waals surface area contributed by atoms with Crippen molar-refractivity contribution >= 4 is 66.7 Å². The molecule has 5 aromatic rings. The lowest BCUT2D eigenvalue weighted by Crippen LogP contribution is -2.41. The maximum absolute atomic E-state index is 13.6. The molecule has 2 heterocycles. The molecule has 0 N–H and O–H groups in total. The molecular weight excluding hydrogens is 500 g/mol. The lowest BCUT2D eigenvalue weighted by molar-refractivity contribution is 0.0588. The summed E-state index contributed by atoms with van der Waals surface area (Å²) in [7, 11) is 0. The van der Waals surface area contributed by atoms with Gasteiger partial charge in [-0.1, -0.05) is 52.0 Å². The van der Waals surface area contributed by atoms with E-state index in [9.17, 15) is 19.2 Å². The van der Waals surface area contributed by atoms with Crippen LogP contribution in [0.3, 0.4) is 0 Å². The van der Waals surface area contributed by atoms with Gasteiger partial charge in [-0.05, 0) is 81.3 Å². The Bertz CT molecular complexity index is 1690. The van der Waals surface area contributed by atoms with Crippen molar-refractivity contribution in [2.24, 2.45) is 11.8 Å². The highest BCUT2D eigenvalue weighted by atomic mass is 16.2. The van der Waals surface area contributed by atoms with E-state index in [-0.39, 0.29) is 23.6 Å². The molecule has 40 heavy (non-hydrogen) atoms. The number of carbonyl (C=O) groups is 4. The van der Waals surface area contributed by atoms with E-state index in [4.69, 9.17) is 0 Å². The maximum Gasteiger partial charge on any atom is 0.261 e. The molecule has 0 atom stereocenters. The van der Waals surface area contributed by atoms with Crippen LogP contribution in [0.4, 0.5) is 0 Å². The van der Waals surface area contributed by atoms with Crippen LogP contribution in [-0.2, 0) is 0 Å². The Morgan fingerprint density at radius 2 is 0.725 bits per heavy atom. The average Bonchev–Trinajstić information content (AvgIpc) is 2.93. The number of carbonyl (C=O) groups excluding carboxylic acids is 4. The van der Waals surface area contributed by atoms with Crippen LogP contribution in [0.15, 0.2) is 48.5 Å². The molecule has 0 saturated heterocycles. The minimum Gasteiger partial charge on any atom is -0.274 e. The minimum absolute atomic E-state index is 0.254. The second-order valence-electron chi connectivity index (χ2n) is 12.0. The lowest BCUT2D eigenvalue weighted by atomic mass is 9.82. The van der Waals surface area contributed by atoms with Crippen molar-refractivity contribution in [2.75, 3.05) is 13.1 Å². The van der Waals surface area contributed by atoms with Crippen LogP contribution >= 0.6 is 0 Å². The van der Waals surface area contributed by atoms with Gasteiger partial charge in [-0.3, -0.25) is 29.0 Å². The number of imide groups is 2. The third kappa shape index (κ3) is 3.22. The zero-order chi connectivity index (χ0) is 28.0. The molecule has 6 nitrogen and oxygen atoms in total. The first kappa shape index (κ1) is 24.7. The van der Waals surface area contributed by atoms with E-state index in [1.165, 1.54) is 9.80 Å². The molecule has 2 aliphatic rings. The summed E-state index contributed by atoms with van der Waals surface area (Å²) < 4.78 is 0. The Hall–Kier alpha value is -4.32. The quantitative estimate of drug-likeness (QED) is 0.134. The molecule has 0 aromatic heterocycles. The van der Waals surface area contributed by atoms with Crippen LogP contribution in [0.5, 0.6) is 0 Å². The molecular formula is C34H30N2O4. The smallest absolute Gasteiger partial charge is 0.261 e. The minimum atomic E-state index is -0.254. The SMILES string of the molecule is CC(C)CCN1C(=O)c2ccc3c4ccc5c6c(ccc(c7ccc(c2c37)C1=O)c64)C(=O)N(CCC(C)C)C5=O. The van der Waals surface area contributed by atoms with Gasteiger partial charge in [0.2, 0.25) is 0 Å². The van der Waals surface area contributed by atoms with Crippen molar-refractivity contribution in [2.45, 2.75) is 40.5 Å². The van der Waals surface area contributed by atoms with Crippen LogP contribution < -0.4 is 0 Å². The van der Waals surface area contributed by atoms with E-state index in [0.717, 1.165) is 45.2 Å². The predicted molar refractivity (Wildman–Crippen MR) is 157 cm³/mol. The van der Waals surface area contributed by atoms with E-state index in [0.29, 0.717) is 58.0 Å². The zero-order valence-electron chi connectivity index (χ0n) is 23.1. The van der Waals surface area contributed by atoms with Gasteiger partial charge < -0.3 is 0 Å². The summed E-state index contributed by atoms with van der Waals surface area (Å²) in [4.78, 5) is 57.0. The fourth-order valence-corrected chi connectivity index (χ4v) is 6.55. The second kappa shape index (κ2) is 8.59. The molecule has 0 bridgehead atoms. The van der Waals surface area contributed by atoms with Crippen molar-refractivity contribution in [3.8, 4) is 0 Å². The van der Waals surface area contributed by atoms with E-state index in [1.54, 1.807) is 0 Å². The van der Waals surface area contributed by atoms with Crippen LogP contribution in [0.1, 0.15) is 82.0 Å². The molecule has 4 amide bonds. The molecule has 0 saturated carbocycles. The molecule has 0 aliphatic carbocycles. The summed E-state index contributed by atoms with van der Waals surface area (Å²) in [6.07, 6.45) is 1.50. The largest absolute Gasteiger partial charge is 0.274 e. The highest BCUT2D eigenvalue weighted by molar-refractivity contribution is 6.41. The van der Waals surface area contributed by atoms with Crippen LogP contribution in [0, 0.1) is 11.8 Å². The topological polar surface area (TPSA) is 74.8 Å². The Morgan fingerprint density at radius 1 is 0.450 bits per heavy atom. The van der Waals surface area contributed by atoms with Crippen LogP contribution in [0.25, 0.3) is 43.1 Å². The predicted octanol–water partition coefficient (Wildman–Crippen LogP) is 7.02. The van der Waals surface area contributed by atoms with Crippen molar-refractivity contribution in [3.63, 3.8) is 0 Å². The third-order valence-electron chi connectivity index (χ3n) is 8.66. The summed E-state index contributed by atoms with van der Waals surface area (Å²) in [6.45, 7) is 9.10. The van der Waals surface area contributed by atoms with Gasteiger partial charge in [0.25, 0.3) is 23.6 Å². The van der Waals surface area contributed by atoms with Crippen molar-refractivity contribution in [1.29, 1.82) is 0 Å². The highest BCUT2D eigenvalue weighted by Crippen LogP contribution is 2.46. The van der Waals surface area contributed by atoms with E-state index in [1.807, 2.05) is 48.5 Å². The van der Waals surface area contributed by atoms with Gasteiger partial charge in [0.05, 0.1) is 0 Å². The first-order valence-corrected chi connectivity index (χ1v) is 14.1. The first-order chi connectivity index (χ1) is 19.2. The molecule has 0 fully saturated rings. The molecule has 7 rings (SSSR count). The summed E-state index contributed by atoms with van der Waals surface area (Å²) in [5.41, 5.74) is 2.16. The number of nitrogens with zero attached hydrogens (tertiary/aromatic N) is 2. The number of hydrogen-bond donors (Lipinski definition) is 0. The fourth-order valence-electron chi connectivity index (χ4n) is 6.55. The van der Waals surface area contributed by atoms with Crippen molar-refractivity contribution in [3.05, 3.63) is 70.8 Å². The van der Waals surface area contributed by atoms with Gasteiger partial charge in [-0.15, -0.1) is 0 Å². The van der Waals surface area contributed by atoms with Crippen LogP contribution in [-0.4, -0.2) is 46.5 Å². The lowest BCUT2D eigenvalue weighted by Gasteiger charge is -2.30. The Kier molecular flexibility index (Phi) is 5.30. The van der Waals surface area contributed by atoms with Gasteiger partial charge >= 0.3 is 0 Å². The normalized spacial score (nSPS) is 15.4. The summed E-state index contributed by atoms with van der Waals surface area (Å²) in [5, 5.41) is 6.77. The number of fused-ring (bicyclic) bond motifs is 2. The van der Waals surface area contributed by atoms with Gasteiger partial charge in [0, 0.05) is 46.1 Å². The van der Waals surface area contributed by atoms with Gasteiger partial charge in [0.15, 0.2) is 0 Å². The standard InChI is InChI=1S/C34H30N2O4/c1-17(2)13-15-35-31(37)23-9-5-19-21-7-11-25-30-26(34(40)36(33(25)39)16-14-18(3)4)12-8-22(28(21)30)20-6-10-24(32(35)38)29(23)27(19)20/h5-12,17-18H,13-16H2,1-4H3. The number of hydrogen-bond acceptors (Lipinski definition) is 4. The Balaban J connectivity index is 1.49. The van der Waals surface area contributed by atoms with Crippen molar-refractivity contribution in [1.82, 2.24) is 9.80 Å². The maximum atomic E-state index is 13.6.